The van der Waals surface area contributed by atoms with Crippen LogP contribution in [0.5, 0.6) is 0 Å². The van der Waals surface area contributed by atoms with Gasteiger partial charge in [0.25, 0.3) is 0 Å². The van der Waals surface area contributed by atoms with E-state index in [2.05, 4.69) is 15.9 Å². The Bertz CT molecular complexity index is 345. The van der Waals surface area contributed by atoms with Gasteiger partial charge in [-0.15, -0.1) is 0 Å². The molecule has 0 spiro atoms. The summed E-state index contributed by atoms with van der Waals surface area (Å²) in [5.74, 6) is 1.40. The second kappa shape index (κ2) is 4.49. The summed E-state index contributed by atoms with van der Waals surface area (Å²) in [5, 5.41) is 0.189. The van der Waals surface area contributed by atoms with Crippen molar-refractivity contribution in [2.24, 2.45) is 0 Å². The van der Waals surface area contributed by atoms with Crippen LogP contribution < -0.4 is 0 Å². The Morgan fingerprint density at radius 1 is 1.43 bits per heavy atom. The van der Waals surface area contributed by atoms with Gasteiger partial charge in [0, 0.05) is 10.0 Å². The average molecular weight is 271 g/mol. The van der Waals surface area contributed by atoms with E-state index in [1.54, 1.807) is 11.8 Å². The summed E-state index contributed by atoms with van der Waals surface area (Å²) >= 11 is 5.20. The molecule has 1 heterocycles. The van der Waals surface area contributed by atoms with Crippen LogP contribution in [-0.2, 0) is 0 Å². The third kappa shape index (κ3) is 2.04. The fourth-order valence-corrected chi connectivity index (χ4v) is 3.33. The molecule has 0 amide bonds. The lowest BCUT2D eigenvalue weighted by Crippen LogP contribution is -2.14. The molecule has 1 aromatic rings. The van der Waals surface area contributed by atoms with Crippen LogP contribution >= 0.6 is 27.7 Å². The molecule has 3 heteroatoms. The summed E-state index contributed by atoms with van der Waals surface area (Å²) < 4.78 is 0.914. The fourth-order valence-electron chi connectivity index (χ4n) is 1.62. The van der Waals surface area contributed by atoms with E-state index >= 15 is 0 Å². The van der Waals surface area contributed by atoms with Crippen LogP contribution in [0.2, 0.25) is 0 Å². The highest BCUT2D eigenvalue weighted by Gasteiger charge is 2.25. The second-order valence-electron chi connectivity index (χ2n) is 3.35. The van der Waals surface area contributed by atoms with Crippen LogP contribution in [0.15, 0.2) is 28.7 Å². The number of hydrogen-bond donors (Lipinski definition) is 0. The Morgan fingerprint density at radius 2 is 2.21 bits per heavy atom. The summed E-state index contributed by atoms with van der Waals surface area (Å²) in [6.45, 7) is 0. The predicted octanol–water partition coefficient (Wildman–Crippen LogP) is 3.53. The van der Waals surface area contributed by atoms with E-state index in [-0.39, 0.29) is 11.0 Å². The van der Waals surface area contributed by atoms with E-state index < -0.39 is 0 Å². The highest BCUT2D eigenvalue weighted by molar-refractivity contribution is 9.10. The standard InChI is InChI=1S/C11H11BrOS/c12-9-5-2-1-4-8(9)11(13)10-6-3-7-14-10/h1-2,4-5,10H,3,6-7H2. The highest BCUT2D eigenvalue weighted by Crippen LogP contribution is 2.30. The van der Waals surface area contributed by atoms with E-state index in [1.807, 2.05) is 24.3 Å². The quantitative estimate of drug-likeness (QED) is 0.765. The average Bonchev–Trinajstić information content (AvgIpc) is 2.70. The molecule has 74 valence electrons. The number of benzene rings is 1. The van der Waals surface area contributed by atoms with Gasteiger partial charge in [0.2, 0.25) is 0 Å². The van der Waals surface area contributed by atoms with Crippen molar-refractivity contribution in [3.8, 4) is 0 Å². The Labute approximate surface area is 96.4 Å². The Balaban J connectivity index is 2.22. The molecule has 1 atom stereocenters. The molecule has 1 aromatic carbocycles. The summed E-state index contributed by atoms with van der Waals surface area (Å²) in [7, 11) is 0. The zero-order chi connectivity index (χ0) is 9.97. The minimum absolute atomic E-state index is 0.189. The summed E-state index contributed by atoms with van der Waals surface area (Å²) in [6, 6.07) is 7.67. The van der Waals surface area contributed by atoms with Crippen molar-refractivity contribution in [3.63, 3.8) is 0 Å². The van der Waals surface area contributed by atoms with E-state index in [1.165, 1.54) is 6.42 Å². The molecule has 0 N–H and O–H groups in total. The molecular weight excluding hydrogens is 260 g/mol. The molecule has 0 aromatic heterocycles. The van der Waals surface area contributed by atoms with Gasteiger partial charge in [-0.25, -0.2) is 0 Å². The van der Waals surface area contributed by atoms with Crippen molar-refractivity contribution >= 4 is 33.5 Å². The number of Topliss-reactive ketones (excluding diaryl/α,β-unsaturated/α-hetero) is 1. The van der Waals surface area contributed by atoms with Gasteiger partial charge >= 0.3 is 0 Å². The Kier molecular flexibility index (Phi) is 3.29. The van der Waals surface area contributed by atoms with E-state index in [0.29, 0.717) is 0 Å². The number of hydrogen-bond acceptors (Lipinski definition) is 2. The molecule has 1 aliphatic rings. The van der Waals surface area contributed by atoms with Crippen LogP contribution in [-0.4, -0.2) is 16.8 Å². The number of carbonyl (C=O) groups is 1. The number of ketones is 1. The van der Waals surface area contributed by atoms with Crippen molar-refractivity contribution in [2.45, 2.75) is 18.1 Å². The molecule has 0 saturated carbocycles. The van der Waals surface area contributed by atoms with Gasteiger partial charge in [-0.2, -0.15) is 11.8 Å². The maximum Gasteiger partial charge on any atom is 0.176 e. The monoisotopic (exact) mass is 270 g/mol. The number of rotatable bonds is 2. The van der Waals surface area contributed by atoms with Gasteiger partial charge in [0.05, 0.1) is 5.25 Å². The molecule has 0 aliphatic carbocycles. The van der Waals surface area contributed by atoms with Crippen molar-refractivity contribution in [1.82, 2.24) is 0 Å². The first kappa shape index (κ1) is 10.2. The van der Waals surface area contributed by atoms with Crippen molar-refractivity contribution in [3.05, 3.63) is 34.3 Å². The predicted molar refractivity (Wildman–Crippen MR) is 64.0 cm³/mol. The summed E-state index contributed by atoms with van der Waals surface area (Å²) in [5.41, 5.74) is 0.826. The summed E-state index contributed by atoms with van der Waals surface area (Å²) in [4.78, 5) is 12.0. The van der Waals surface area contributed by atoms with Gasteiger partial charge in [-0.1, -0.05) is 34.1 Å². The SMILES string of the molecule is O=C(c1ccccc1Br)C1CCCS1. The largest absolute Gasteiger partial charge is 0.293 e. The molecule has 1 unspecified atom stereocenters. The molecule has 1 aliphatic heterocycles. The molecule has 0 bridgehead atoms. The van der Waals surface area contributed by atoms with Crippen LogP contribution in [0.25, 0.3) is 0 Å². The van der Waals surface area contributed by atoms with Crippen molar-refractivity contribution in [1.29, 1.82) is 0 Å². The number of halogens is 1. The van der Waals surface area contributed by atoms with Crippen LogP contribution in [0.4, 0.5) is 0 Å². The molecule has 1 fully saturated rings. The smallest absolute Gasteiger partial charge is 0.176 e. The molecule has 0 radical (unpaired) electrons. The van der Waals surface area contributed by atoms with Crippen LogP contribution in [0.3, 0.4) is 0 Å². The highest BCUT2D eigenvalue weighted by atomic mass is 79.9. The minimum atomic E-state index is 0.189. The van der Waals surface area contributed by atoms with E-state index in [9.17, 15) is 4.79 Å². The number of thioether (sulfide) groups is 1. The first-order valence-corrected chi connectivity index (χ1v) is 6.53. The molecule has 2 rings (SSSR count). The Morgan fingerprint density at radius 3 is 2.86 bits per heavy atom. The lowest BCUT2D eigenvalue weighted by molar-refractivity contribution is 0.0988. The number of carbonyl (C=O) groups excluding carboxylic acids is 1. The maximum atomic E-state index is 12.0. The van der Waals surface area contributed by atoms with Gasteiger partial charge in [0.15, 0.2) is 5.78 Å². The summed E-state index contributed by atoms with van der Waals surface area (Å²) in [6.07, 6.45) is 2.20. The lowest BCUT2D eigenvalue weighted by Gasteiger charge is -2.08. The van der Waals surface area contributed by atoms with Gasteiger partial charge in [-0.3, -0.25) is 4.79 Å². The molecule has 1 nitrogen and oxygen atoms in total. The lowest BCUT2D eigenvalue weighted by atomic mass is 10.1. The normalized spacial score (nSPS) is 21.1. The van der Waals surface area contributed by atoms with Gasteiger partial charge < -0.3 is 0 Å². The third-order valence-electron chi connectivity index (χ3n) is 2.36. The first-order chi connectivity index (χ1) is 6.79. The van der Waals surface area contributed by atoms with Crippen LogP contribution in [0.1, 0.15) is 23.2 Å². The van der Waals surface area contributed by atoms with Crippen molar-refractivity contribution in [2.75, 3.05) is 5.75 Å². The first-order valence-electron chi connectivity index (χ1n) is 4.69. The zero-order valence-electron chi connectivity index (χ0n) is 7.70. The van der Waals surface area contributed by atoms with E-state index in [0.717, 1.165) is 22.2 Å². The van der Waals surface area contributed by atoms with Crippen LogP contribution in [0, 0.1) is 0 Å². The van der Waals surface area contributed by atoms with Gasteiger partial charge in [0.1, 0.15) is 0 Å². The maximum absolute atomic E-state index is 12.0. The molecule has 14 heavy (non-hydrogen) atoms. The van der Waals surface area contributed by atoms with Gasteiger partial charge in [-0.05, 0) is 24.7 Å². The van der Waals surface area contributed by atoms with Crippen molar-refractivity contribution < 1.29 is 4.79 Å². The fraction of sp³-hybridized carbons (Fsp3) is 0.364. The molecule has 1 saturated heterocycles. The zero-order valence-corrected chi connectivity index (χ0v) is 10.1. The van der Waals surface area contributed by atoms with E-state index in [4.69, 9.17) is 0 Å². The Hall–Kier alpha value is -0.280. The minimum Gasteiger partial charge on any atom is -0.293 e. The third-order valence-corrected chi connectivity index (χ3v) is 4.43. The molecular formula is C11H11BrOS. The second-order valence-corrected chi connectivity index (χ2v) is 5.51. The topological polar surface area (TPSA) is 17.1 Å².